The van der Waals surface area contributed by atoms with Gasteiger partial charge in [-0.15, -0.1) is 0 Å². The van der Waals surface area contributed by atoms with E-state index in [4.69, 9.17) is 5.11 Å². The highest BCUT2D eigenvalue weighted by Gasteiger charge is 2.07. The molecule has 1 aromatic heterocycles. The van der Waals surface area contributed by atoms with Gasteiger partial charge in [0.2, 0.25) is 0 Å². The number of aryl methyl sites for hydroxylation is 1. The fourth-order valence-electron chi connectivity index (χ4n) is 1.88. The summed E-state index contributed by atoms with van der Waals surface area (Å²) < 4.78 is 0. The minimum absolute atomic E-state index is 0.424. The molecule has 17 heavy (non-hydrogen) atoms. The first-order valence-electron chi connectivity index (χ1n) is 5.63. The van der Waals surface area contributed by atoms with Crippen molar-refractivity contribution in [1.82, 2.24) is 4.98 Å². The molecule has 0 spiro atoms. The number of H-pyrrole nitrogens is 1. The number of aromatic nitrogens is 1. The Morgan fingerprint density at radius 1 is 1.47 bits per heavy atom. The summed E-state index contributed by atoms with van der Waals surface area (Å²) in [6.45, 7) is 3.87. The number of aliphatic carboxylic acids is 1. The Hall–Kier alpha value is -2.03. The molecule has 2 aromatic rings. The van der Waals surface area contributed by atoms with Crippen molar-refractivity contribution in [3.8, 4) is 0 Å². The predicted octanol–water partition coefficient (Wildman–Crippen LogP) is 3.35. The molecule has 0 aliphatic heterocycles. The van der Waals surface area contributed by atoms with Gasteiger partial charge in [0.1, 0.15) is 0 Å². The van der Waals surface area contributed by atoms with Crippen molar-refractivity contribution in [3.05, 3.63) is 41.1 Å². The summed E-state index contributed by atoms with van der Waals surface area (Å²) >= 11 is 0. The van der Waals surface area contributed by atoms with Crippen molar-refractivity contribution in [3.63, 3.8) is 0 Å². The zero-order valence-electron chi connectivity index (χ0n) is 9.95. The van der Waals surface area contributed by atoms with Gasteiger partial charge in [0.15, 0.2) is 0 Å². The maximum Gasteiger partial charge on any atom is 0.331 e. The van der Waals surface area contributed by atoms with Gasteiger partial charge in [0.05, 0.1) is 0 Å². The predicted molar refractivity (Wildman–Crippen MR) is 68.9 cm³/mol. The number of hydrogen-bond acceptors (Lipinski definition) is 1. The van der Waals surface area contributed by atoms with Crippen LogP contribution in [-0.2, 0) is 4.79 Å². The van der Waals surface area contributed by atoms with E-state index in [9.17, 15) is 4.79 Å². The SMILES string of the molecule is CCC(=Cc1c[nH]c2ccc(C)cc12)C(=O)O. The van der Waals surface area contributed by atoms with Crippen LogP contribution in [0.3, 0.4) is 0 Å². The number of aromatic amines is 1. The normalized spacial score (nSPS) is 12.0. The second-order valence-electron chi connectivity index (χ2n) is 4.12. The number of rotatable bonds is 3. The molecule has 3 nitrogen and oxygen atoms in total. The van der Waals surface area contributed by atoms with E-state index in [1.807, 2.05) is 32.2 Å². The van der Waals surface area contributed by atoms with Gasteiger partial charge in [-0.1, -0.05) is 18.6 Å². The Morgan fingerprint density at radius 2 is 2.24 bits per heavy atom. The minimum atomic E-state index is -0.852. The zero-order chi connectivity index (χ0) is 12.4. The van der Waals surface area contributed by atoms with Gasteiger partial charge in [-0.25, -0.2) is 4.79 Å². The van der Waals surface area contributed by atoms with E-state index >= 15 is 0 Å². The smallest absolute Gasteiger partial charge is 0.331 e. The molecule has 2 N–H and O–H groups in total. The molecule has 0 saturated carbocycles. The van der Waals surface area contributed by atoms with Gasteiger partial charge >= 0.3 is 5.97 Å². The second-order valence-corrected chi connectivity index (χ2v) is 4.12. The second kappa shape index (κ2) is 4.45. The summed E-state index contributed by atoms with van der Waals surface area (Å²) in [5, 5.41) is 10.1. The van der Waals surface area contributed by atoms with E-state index in [1.54, 1.807) is 6.08 Å². The van der Waals surface area contributed by atoms with E-state index in [1.165, 1.54) is 5.56 Å². The number of benzene rings is 1. The highest BCUT2D eigenvalue weighted by Crippen LogP contribution is 2.22. The lowest BCUT2D eigenvalue weighted by molar-refractivity contribution is -0.132. The molecule has 1 heterocycles. The third-order valence-corrected chi connectivity index (χ3v) is 2.85. The topological polar surface area (TPSA) is 53.1 Å². The number of nitrogens with one attached hydrogen (secondary N) is 1. The van der Waals surface area contributed by atoms with Crippen LogP contribution >= 0.6 is 0 Å². The molecule has 0 fully saturated rings. The van der Waals surface area contributed by atoms with Gasteiger partial charge in [0.25, 0.3) is 0 Å². The van der Waals surface area contributed by atoms with Gasteiger partial charge in [-0.3, -0.25) is 0 Å². The van der Waals surface area contributed by atoms with Crippen LogP contribution in [0.4, 0.5) is 0 Å². The molecule has 2 rings (SSSR count). The molecule has 88 valence electrons. The molecular formula is C14H15NO2. The Balaban J connectivity index is 2.56. The summed E-state index contributed by atoms with van der Waals surface area (Å²) in [5.41, 5.74) is 3.55. The summed E-state index contributed by atoms with van der Waals surface area (Å²) in [5.74, 6) is -0.852. The van der Waals surface area contributed by atoms with Crippen LogP contribution in [0.15, 0.2) is 30.0 Å². The average Bonchev–Trinajstić information content (AvgIpc) is 2.68. The first-order valence-corrected chi connectivity index (χ1v) is 5.63. The number of hydrogen-bond donors (Lipinski definition) is 2. The monoisotopic (exact) mass is 229 g/mol. The van der Waals surface area contributed by atoms with E-state index in [-0.39, 0.29) is 0 Å². The van der Waals surface area contributed by atoms with Crippen LogP contribution in [-0.4, -0.2) is 16.1 Å². The van der Waals surface area contributed by atoms with E-state index in [2.05, 4.69) is 11.1 Å². The van der Waals surface area contributed by atoms with E-state index in [0.717, 1.165) is 16.5 Å². The van der Waals surface area contributed by atoms with Crippen molar-refractivity contribution in [2.75, 3.05) is 0 Å². The maximum absolute atomic E-state index is 11.0. The molecule has 0 saturated heterocycles. The first kappa shape index (κ1) is 11.5. The average molecular weight is 229 g/mol. The van der Waals surface area contributed by atoms with Crippen LogP contribution < -0.4 is 0 Å². The number of carbonyl (C=O) groups is 1. The van der Waals surface area contributed by atoms with Crippen molar-refractivity contribution in [2.24, 2.45) is 0 Å². The maximum atomic E-state index is 11.0. The molecular weight excluding hydrogens is 214 g/mol. The Labute approximate surface area is 99.8 Å². The third kappa shape index (κ3) is 2.23. The molecule has 0 radical (unpaired) electrons. The molecule has 0 atom stereocenters. The Kier molecular flexibility index (Phi) is 3.00. The van der Waals surface area contributed by atoms with Crippen molar-refractivity contribution in [1.29, 1.82) is 0 Å². The summed E-state index contributed by atoms with van der Waals surface area (Å²) in [6.07, 6.45) is 4.11. The highest BCUT2D eigenvalue weighted by molar-refractivity contribution is 5.97. The number of fused-ring (bicyclic) bond motifs is 1. The largest absolute Gasteiger partial charge is 0.478 e. The first-order chi connectivity index (χ1) is 8.11. The third-order valence-electron chi connectivity index (χ3n) is 2.85. The highest BCUT2D eigenvalue weighted by atomic mass is 16.4. The Morgan fingerprint density at radius 3 is 2.88 bits per heavy atom. The van der Waals surface area contributed by atoms with E-state index < -0.39 is 5.97 Å². The molecule has 0 aliphatic rings. The summed E-state index contributed by atoms with van der Waals surface area (Å²) in [6, 6.07) is 6.10. The van der Waals surface area contributed by atoms with Crippen LogP contribution in [0.1, 0.15) is 24.5 Å². The lowest BCUT2D eigenvalue weighted by atomic mass is 10.1. The van der Waals surface area contributed by atoms with Gasteiger partial charge in [0, 0.05) is 28.2 Å². The number of carboxylic acids is 1. The molecule has 3 heteroatoms. The molecule has 0 amide bonds. The lowest BCUT2D eigenvalue weighted by Crippen LogP contribution is -1.98. The summed E-state index contributed by atoms with van der Waals surface area (Å²) in [7, 11) is 0. The van der Waals surface area contributed by atoms with Crippen molar-refractivity contribution >= 4 is 22.9 Å². The van der Waals surface area contributed by atoms with Crippen LogP contribution in [0.2, 0.25) is 0 Å². The zero-order valence-corrected chi connectivity index (χ0v) is 9.95. The van der Waals surface area contributed by atoms with Gasteiger partial charge in [-0.05, 0) is 31.6 Å². The fourth-order valence-corrected chi connectivity index (χ4v) is 1.88. The Bertz CT molecular complexity index is 593. The van der Waals surface area contributed by atoms with Crippen LogP contribution in [0.5, 0.6) is 0 Å². The van der Waals surface area contributed by atoms with Crippen molar-refractivity contribution < 1.29 is 9.90 Å². The lowest BCUT2D eigenvalue weighted by Gasteiger charge is -1.98. The van der Waals surface area contributed by atoms with Gasteiger partial charge in [-0.2, -0.15) is 0 Å². The molecule has 0 unspecified atom stereocenters. The fraction of sp³-hybridized carbons (Fsp3) is 0.214. The quantitative estimate of drug-likeness (QED) is 0.793. The molecule has 0 bridgehead atoms. The van der Waals surface area contributed by atoms with Crippen LogP contribution in [0.25, 0.3) is 17.0 Å². The van der Waals surface area contributed by atoms with Crippen molar-refractivity contribution in [2.45, 2.75) is 20.3 Å². The molecule has 0 aliphatic carbocycles. The van der Waals surface area contributed by atoms with E-state index in [0.29, 0.717) is 12.0 Å². The van der Waals surface area contributed by atoms with Crippen LogP contribution in [0, 0.1) is 6.92 Å². The minimum Gasteiger partial charge on any atom is -0.478 e. The molecule has 1 aromatic carbocycles. The number of carboxylic acid groups (broad SMARTS) is 1. The van der Waals surface area contributed by atoms with Gasteiger partial charge < -0.3 is 10.1 Å². The summed E-state index contributed by atoms with van der Waals surface area (Å²) in [4.78, 5) is 14.1. The standard InChI is InChI=1S/C14H15NO2/c1-3-10(14(16)17)7-11-8-15-13-5-4-9(2)6-12(11)13/h4-8,15H,3H2,1-2H3,(H,16,17).